The van der Waals surface area contributed by atoms with E-state index in [-0.39, 0.29) is 73.5 Å². The first-order valence-corrected chi connectivity index (χ1v) is 22.6. The third kappa shape index (κ3) is 9.52. The summed E-state index contributed by atoms with van der Waals surface area (Å²) in [5, 5.41) is 11.7. The molecule has 1 aromatic heterocycles. The van der Waals surface area contributed by atoms with Gasteiger partial charge in [0.15, 0.2) is 5.82 Å². The zero-order valence-electron chi connectivity index (χ0n) is 36.8. The average molecular weight is 879 g/mol. The van der Waals surface area contributed by atoms with E-state index in [4.69, 9.17) is 14.5 Å². The average Bonchev–Trinajstić information content (AvgIpc) is 3.95. The number of piperidine rings is 2. The van der Waals surface area contributed by atoms with Crippen LogP contribution in [0.3, 0.4) is 0 Å². The van der Waals surface area contributed by atoms with Crippen LogP contribution in [0.5, 0.6) is 5.75 Å². The van der Waals surface area contributed by atoms with Crippen molar-refractivity contribution in [3.05, 3.63) is 59.3 Å². The highest BCUT2D eigenvalue weighted by molar-refractivity contribution is 6.07. The number of anilines is 5. The van der Waals surface area contributed by atoms with Crippen LogP contribution >= 0.6 is 0 Å². The molecule has 64 heavy (non-hydrogen) atoms. The molecule has 1 unspecified atom stereocenters. The van der Waals surface area contributed by atoms with Gasteiger partial charge in [-0.1, -0.05) is 25.8 Å². The lowest BCUT2D eigenvalue weighted by molar-refractivity contribution is -0.137. The molecule has 4 aliphatic heterocycles. The Balaban J connectivity index is 0.750. The maximum atomic E-state index is 13.4. The van der Waals surface area contributed by atoms with Crippen molar-refractivity contribution in [2.75, 3.05) is 67.4 Å². The molecule has 3 fully saturated rings. The van der Waals surface area contributed by atoms with Gasteiger partial charge in [0.2, 0.25) is 29.6 Å². The van der Waals surface area contributed by atoms with E-state index in [0.29, 0.717) is 71.5 Å². The smallest absolute Gasteiger partial charge is 0.255 e. The molecule has 3 aromatic rings. The number of methoxy groups -OCH3 is 1. The minimum Gasteiger partial charge on any atom is -0.495 e. The molecule has 0 spiro atoms. The lowest BCUT2D eigenvalue weighted by Crippen LogP contribution is -2.55. The molecule has 5 heterocycles. The molecule has 18 heteroatoms. The van der Waals surface area contributed by atoms with Crippen LogP contribution in [-0.2, 0) is 30.5 Å². The topological polar surface area (TPSA) is 208 Å². The van der Waals surface area contributed by atoms with Crippen molar-refractivity contribution < 1.29 is 38.2 Å². The maximum Gasteiger partial charge on any atom is 0.255 e. The van der Waals surface area contributed by atoms with Crippen LogP contribution in [0.15, 0.2) is 42.6 Å². The van der Waals surface area contributed by atoms with Crippen LogP contribution in [0.2, 0.25) is 0 Å². The van der Waals surface area contributed by atoms with Gasteiger partial charge in [0.1, 0.15) is 23.5 Å². The molecule has 2 atom stereocenters. The number of benzene rings is 2. The van der Waals surface area contributed by atoms with E-state index in [2.05, 4.69) is 36.1 Å². The van der Waals surface area contributed by atoms with Crippen LogP contribution in [0.1, 0.15) is 104 Å². The molecule has 8 rings (SSSR count). The van der Waals surface area contributed by atoms with Gasteiger partial charge in [0.25, 0.3) is 11.8 Å². The Morgan fingerprint density at radius 3 is 2.52 bits per heavy atom. The zero-order chi connectivity index (χ0) is 44.9. The van der Waals surface area contributed by atoms with E-state index >= 15 is 0 Å². The van der Waals surface area contributed by atoms with Gasteiger partial charge in [-0.2, -0.15) is 4.98 Å². The molecule has 18 nitrogen and oxygen atoms in total. The summed E-state index contributed by atoms with van der Waals surface area (Å²) in [7, 11) is 3.34. The molecule has 340 valence electrons. The highest BCUT2D eigenvalue weighted by Crippen LogP contribution is 2.40. The van der Waals surface area contributed by atoms with Gasteiger partial charge >= 0.3 is 0 Å². The first-order chi connectivity index (χ1) is 31.0. The Kier molecular flexibility index (Phi) is 13.7. The number of fused-ring (bicyclic) bond motifs is 2. The molecule has 0 radical (unpaired) electrons. The van der Waals surface area contributed by atoms with Crippen LogP contribution in [0, 0.1) is 0 Å². The van der Waals surface area contributed by atoms with Crippen LogP contribution in [-0.4, -0.2) is 126 Å². The summed E-state index contributed by atoms with van der Waals surface area (Å²) in [4.78, 5) is 93.8. The predicted octanol–water partition coefficient (Wildman–Crippen LogP) is 4.12. The van der Waals surface area contributed by atoms with Crippen molar-refractivity contribution in [1.82, 2.24) is 30.4 Å². The lowest BCUT2D eigenvalue weighted by atomic mass is 10.0. The summed E-state index contributed by atoms with van der Waals surface area (Å²) in [6.07, 6.45) is 9.53. The van der Waals surface area contributed by atoms with E-state index < -0.39 is 11.9 Å². The Hall–Kier alpha value is -6.14. The molecule has 0 bridgehead atoms. The van der Waals surface area contributed by atoms with Gasteiger partial charge in [-0.05, 0) is 75.3 Å². The van der Waals surface area contributed by atoms with Crippen molar-refractivity contribution >= 4 is 64.3 Å². The molecule has 2 aromatic carbocycles. The van der Waals surface area contributed by atoms with Crippen molar-refractivity contribution in [2.24, 2.45) is 0 Å². The number of carbonyl (C=O) groups is 6. The summed E-state index contributed by atoms with van der Waals surface area (Å²) in [5.74, 6) is 0.201. The molecule has 5 aliphatic rings. The fraction of sp³-hybridized carbons (Fsp3) is 0.522. The molecule has 1 saturated carbocycles. The zero-order valence-corrected chi connectivity index (χ0v) is 36.8. The van der Waals surface area contributed by atoms with E-state index in [9.17, 15) is 28.8 Å². The second kappa shape index (κ2) is 19.7. The largest absolute Gasteiger partial charge is 0.495 e. The predicted molar refractivity (Wildman–Crippen MR) is 239 cm³/mol. The van der Waals surface area contributed by atoms with Crippen molar-refractivity contribution in [1.29, 1.82) is 0 Å². The fourth-order valence-corrected chi connectivity index (χ4v) is 9.62. The Morgan fingerprint density at radius 2 is 1.77 bits per heavy atom. The number of hydrogen-bond acceptors (Lipinski definition) is 13. The summed E-state index contributed by atoms with van der Waals surface area (Å²) >= 11 is 0. The molecule has 2 saturated heterocycles. The van der Waals surface area contributed by atoms with Gasteiger partial charge in [-0.3, -0.25) is 34.1 Å². The van der Waals surface area contributed by atoms with Crippen LogP contribution in [0.4, 0.5) is 28.8 Å². The van der Waals surface area contributed by atoms with Crippen molar-refractivity contribution in [3.8, 4) is 5.75 Å². The molecule has 1 aliphatic carbocycles. The minimum absolute atomic E-state index is 0.0279. The Bertz CT molecular complexity index is 2280. The number of nitrogens with one attached hydrogen (secondary N) is 4. The number of aromatic nitrogens is 2. The van der Waals surface area contributed by atoms with Crippen LogP contribution in [0.25, 0.3) is 0 Å². The molecule has 4 N–H and O–H groups in total. The van der Waals surface area contributed by atoms with Crippen LogP contribution < -0.4 is 35.8 Å². The summed E-state index contributed by atoms with van der Waals surface area (Å²) in [5.41, 5.74) is 3.44. The molecular weight excluding hydrogens is 821 g/mol. The number of likely N-dealkylation sites (N-methyl/N-ethyl adjacent to an activating group) is 1. The number of rotatable bonds is 16. The third-order valence-electron chi connectivity index (χ3n) is 13.1. The quantitative estimate of drug-likeness (QED) is 0.118. The van der Waals surface area contributed by atoms with E-state index in [1.807, 2.05) is 6.92 Å². The Labute approximate surface area is 372 Å². The fourth-order valence-electron chi connectivity index (χ4n) is 9.62. The van der Waals surface area contributed by atoms with Crippen molar-refractivity contribution in [2.45, 2.75) is 108 Å². The second-order valence-corrected chi connectivity index (χ2v) is 17.2. The number of hydrogen-bond donors (Lipinski definition) is 4. The van der Waals surface area contributed by atoms with Gasteiger partial charge in [-0.15, -0.1) is 0 Å². The SMILES string of the molecule is CC[C@@H]1C(=O)N(C)c2cnc(Nc3ccc(C(=O)NC4CCN(CCOCCCC(=O)Nc5cccc6c5CN(C5CCC(=O)NC5=O)C6=O)CC4)cc3OC)nc2N1C1CCCC1. The number of nitrogens with zero attached hydrogens (tertiary/aromatic N) is 6. The second-order valence-electron chi connectivity index (χ2n) is 17.2. The van der Waals surface area contributed by atoms with E-state index in [0.717, 1.165) is 64.0 Å². The highest BCUT2D eigenvalue weighted by Gasteiger charge is 2.42. The van der Waals surface area contributed by atoms with Crippen molar-refractivity contribution in [3.63, 3.8) is 0 Å². The van der Waals surface area contributed by atoms with Gasteiger partial charge < -0.3 is 45.0 Å². The standard InChI is InChI=1S/C46H58N10O8/c1-4-35-45(62)53(2)37-26-47-46(52-41(37)56(35)30-9-5-6-10-30)50-34-15-14-28(25-38(34)63-3)42(59)48-29-18-20-54(21-19-29)22-24-64-23-8-13-39(57)49-33-12-7-11-31-32(33)27-55(44(31)61)36-16-17-40(58)51-43(36)60/h7,11-12,14-15,25-26,29-30,35-36H,4-6,8-10,13,16-24,27H2,1-3H3,(H,48,59)(H,49,57)(H,47,50,52)(H,51,58,60)/t35-,36?/m1/s1. The third-order valence-corrected chi connectivity index (χ3v) is 13.1. The van der Waals surface area contributed by atoms with Gasteiger partial charge in [0.05, 0.1) is 25.6 Å². The van der Waals surface area contributed by atoms with E-state index in [1.165, 1.54) is 4.90 Å². The maximum absolute atomic E-state index is 13.4. The Morgan fingerprint density at radius 1 is 0.969 bits per heavy atom. The first-order valence-electron chi connectivity index (χ1n) is 22.6. The number of carbonyl (C=O) groups excluding carboxylic acids is 6. The summed E-state index contributed by atoms with van der Waals surface area (Å²) in [6.45, 7) is 5.54. The van der Waals surface area contributed by atoms with Gasteiger partial charge in [0, 0.05) is 87.1 Å². The number of ether oxygens (including phenoxy) is 2. The lowest BCUT2D eigenvalue weighted by Gasteiger charge is -2.43. The minimum atomic E-state index is -0.722. The monoisotopic (exact) mass is 878 g/mol. The highest BCUT2D eigenvalue weighted by atomic mass is 16.5. The van der Waals surface area contributed by atoms with Gasteiger partial charge in [-0.25, -0.2) is 4.98 Å². The first kappa shape index (κ1) is 44.5. The summed E-state index contributed by atoms with van der Waals surface area (Å²) in [6, 6.07) is 9.70. The molecule has 6 amide bonds. The van der Waals surface area contributed by atoms with E-state index in [1.54, 1.807) is 61.7 Å². The summed E-state index contributed by atoms with van der Waals surface area (Å²) < 4.78 is 11.6. The molecular formula is C46H58N10O8. The number of amides is 6. The number of likely N-dealkylation sites (tertiary alicyclic amines) is 1. The normalized spacial score (nSPS) is 20.6. The number of imide groups is 1.